The summed E-state index contributed by atoms with van der Waals surface area (Å²) in [4.78, 5) is 14.4. The molecule has 112 valence electrons. The minimum Gasteiger partial charge on any atom is -0.353 e. The molecule has 2 saturated heterocycles. The molecule has 2 fully saturated rings. The van der Waals surface area contributed by atoms with Crippen molar-refractivity contribution in [2.24, 2.45) is 0 Å². The number of nitrogens with zero attached hydrogens (tertiary/aromatic N) is 1. The number of carbonyl (C=O) groups is 1. The van der Waals surface area contributed by atoms with Gasteiger partial charge in [-0.15, -0.1) is 0 Å². The summed E-state index contributed by atoms with van der Waals surface area (Å²) in [6.07, 6.45) is 5.53. The summed E-state index contributed by atoms with van der Waals surface area (Å²) >= 11 is 0. The summed E-state index contributed by atoms with van der Waals surface area (Å²) in [6, 6.07) is 10.3. The topological polar surface area (TPSA) is 29.5 Å². The fraction of sp³-hybridized carbons (Fsp3) is 0.500. The second kappa shape index (κ2) is 5.64. The van der Waals surface area contributed by atoms with Crippen molar-refractivity contribution in [1.82, 2.24) is 4.90 Å². The van der Waals surface area contributed by atoms with E-state index in [0.29, 0.717) is 13.0 Å². The van der Waals surface area contributed by atoms with Crippen molar-refractivity contribution in [1.29, 1.82) is 0 Å². The van der Waals surface area contributed by atoms with Crippen molar-refractivity contribution in [3.63, 3.8) is 0 Å². The Bertz CT molecular complexity index is 548. The summed E-state index contributed by atoms with van der Waals surface area (Å²) in [7, 11) is 0. The average molecular weight is 285 g/mol. The molecule has 1 amide bonds. The largest absolute Gasteiger partial charge is 0.353 e. The molecule has 21 heavy (non-hydrogen) atoms. The number of amides is 1. The molecule has 2 atom stereocenters. The highest BCUT2D eigenvalue weighted by molar-refractivity contribution is 5.80. The standard InChI is InChI=1S/C18H23NO2/c1-14(2)7-6-11-18-12-10-17(20)19(18)16(13-21-18)15-8-4-3-5-9-15/h3-5,7-9,16H,6,10-13H2,1-2H3/t16-,18-/m0/s1. The first kappa shape index (κ1) is 14.3. The van der Waals surface area contributed by atoms with Crippen LogP contribution in [0.2, 0.25) is 0 Å². The monoisotopic (exact) mass is 285 g/mol. The molecule has 3 nitrogen and oxygen atoms in total. The molecule has 2 aliphatic rings. The van der Waals surface area contributed by atoms with Gasteiger partial charge >= 0.3 is 0 Å². The van der Waals surface area contributed by atoms with E-state index in [2.05, 4.69) is 32.1 Å². The number of hydrogen-bond acceptors (Lipinski definition) is 2. The van der Waals surface area contributed by atoms with E-state index < -0.39 is 0 Å². The molecule has 0 unspecified atom stereocenters. The third-order valence-electron chi connectivity index (χ3n) is 4.53. The zero-order chi connectivity index (χ0) is 14.9. The number of ether oxygens (including phenoxy) is 1. The van der Waals surface area contributed by atoms with Crippen LogP contribution in [0.25, 0.3) is 0 Å². The summed E-state index contributed by atoms with van der Waals surface area (Å²) < 4.78 is 6.16. The number of allylic oxidation sites excluding steroid dienone is 2. The Balaban J connectivity index is 1.82. The van der Waals surface area contributed by atoms with Crippen molar-refractivity contribution in [2.75, 3.05) is 6.61 Å². The van der Waals surface area contributed by atoms with Gasteiger partial charge in [0.25, 0.3) is 0 Å². The number of rotatable bonds is 4. The van der Waals surface area contributed by atoms with Crippen LogP contribution in [0, 0.1) is 0 Å². The molecular formula is C18H23NO2. The molecule has 0 radical (unpaired) electrons. The Hall–Kier alpha value is -1.61. The quantitative estimate of drug-likeness (QED) is 0.787. The van der Waals surface area contributed by atoms with Crippen LogP contribution in [0.5, 0.6) is 0 Å². The molecule has 3 rings (SSSR count). The van der Waals surface area contributed by atoms with E-state index in [1.54, 1.807) is 0 Å². The highest BCUT2D eigenvalue weighted by Gasteiger charge is 2.53. The Kier molecular flexibility index (Phi) is 3.85. The third kappa shape index (κ3) is 2.62. The van der Waals surface area contributed by atoms with Crippen LogP contribution in [0.4, 0.5) is 0 Å². The van der Waals surface area contributed by atoms with E-state index in [1.807, 2.05) is 23.1 Å². The fourth-order valence-corrected chi connectivity index (χ4v) is 3.50. The fourth-order valence-electron chi connectivity index (χ4n) is 3.50. The van der Waals surface area contributed by atoms with E-state index in [-0.39, 0.29) is 17.7 Å². The summed E-state index contributed by atoms with van der Waals surface area (Å²) in [5.41, 5.74) is 2.13. The predicted octanol–water partition coefficient (Wildman–Crippen LogP) is 3.82. The SMILES string of the molecule is CC(C)=CCC[C@]12CCC(=O)N1[C@H](c1ccccc1)CO2. The van der Waals surface area contributed by atoms with Crippen LogP contribution in [0.1, 0.15) is 51.1 Å². The van der Waals surface area contributed by atoms with Gasteiger partial charge in [-0.1, -0.05) is 42.0 Å². The van der Waals surface area contributed by atoms with Crippen molar-refractivity contribution >= 4 is 5.91 Å². The smallest absolute Gasteiger partial charge is 0.225 e. The molecule has 1 aromatic carbocycles. The summed E-state index contributed by atoms with van der Waals surface area (Å²) in [5.74, 6) is 0.235. The molecule has 2 aliphatic heterocycles. The van der Waals surface area contributed by atoms with Gasteiger partial charge in [-0.3, -0.25) is 4.79 Å². The summed E-state index contributed by atoms with van der Waals surface area (Å²) in [5, 5.41) is 0. The number of carbonyl (C=O) groups excluding carboxylic acids is 1. The van der Waals surface area contributed by atoms with Crippen LogP contribution in [-0.2, 0) is 9.53 Å². The molecule has 3 heteroatoms. The predicted molar refractivity (Wildman–Crippen MR) is 82.6 cm³/mol. The van der Waals surface area contributed by atoms with Gasteiger partial charge in [0.15, 0.2) is 0 Å². The van der Waals surface area contributed by atoms with Gasteiger partial charge in [-0.25, -0.2) is 0 Å². The lowest BCUT2D eigenvalue weighted by atomic mass is 10.0. The summed E-state index contributed by atoms with van der Waals surface area (Å²) in [6.45, 7) is 4.83. The Morgan fingerprint density at radius 1 is 1.38 bits per heavy atom. The van der Waals surface area contributed by atoms with Gasteiger partial charge in [-0.2, -0.15) is 0 Å². The first-order valence-electron chi connectivity index (χ1n) is 7.77. The minimum absolute atomic E-state index is 0.0768. The van der Waals surface area contributed by atoms with Gasteiger partial charge in [-0.05, 0) is 32.3 Å². The van der Waals surface area contributed by atoms with Crippen LogP contribution in [0.15, 0.2) is 42.0 Å². The second-order valence-electron chi connectivity index (χ2n) is 6.27. The first-order chi connectivity index (χ1) is 10.1. The minimum atomic E-state index is -0.371. The van der Waals surface area contributed by atoms with E-state index in [1.165, 1.54) is 11.1 Å². The first-order valence-corrected chi connectivity index (χ1v) is 7.77. The molecule has 0 aromatic heterocycles. The molecule has 0 bridgehead atoms. The number of hydrogen-bond donors (Lipinski definition) is 0. The maximum absolute atomic E-state index is 12.4. The molecule has 0 saturated carbocycles. The highest BCUT2D eigenvalue weighted by Crippen LogP contribution is 2.47. The maximum Gasteiger partial charge on any atom is 0.225 e. The lowest BCUT2D eigenvalue weighted by Gasteiger charge is -2.33. The van der Waals surface area contributed by atoms with E-state index >= 15 is 0 Å². The normalized spacial score (nSPS) is 27.8. The van der Waals surface area contributed by atoms with Crippen LogP contribution in [-0.4, -0.2) is 23.1 Å². The van der Waals surface area contributed by atoms with Gasteiger partial charge in [0.2, 0.25) is 5.91 Å². The lowest BCUT2D eigenvalue weighted by molar-refractivity contribution is -0.139. The van der Waals surface area contributed by atoms with Gasteiger partial charge in [0.05, 0.1) is 12.6 Å². The average Bonchev–Trinajstić information content (AvgIpc) is 2.99. The Labute approximate surface area is 126 Å². The molecule has 0 aliphatic carbocycles. The molecule has 0 spiro atoms. The van der Waals surface area contributed by atoms with Gasteiger partial charge in [0.1, 0.15) is 5.72 Å². The van der Waals surface area contributed by atoms with Crippen molar-refractivity contribution < 1.29 is 9.53 Å². The number of fused-ring (bicyclic) bond motifs is 1. The second-order valence-corrected chi connectivity index (χ2v) is 6.27. The lowest BCUT2D eigenvalue weighted by Crippen LogP contribution is -2.42. The zero-order valence-electron chi connectivity index (χ0n) is 12.8. The molecule has 2 heterocycles. The van der Waals surface area contributed by atoms with Crippen molar-refractivity contribution in [3.05, 3.63) is 47.5 Å². The third-order valence-corrected chi connectivity index (χ3v) is 4.53. The van der Waals surface area contributed by atoms with E-state index in [4.69, 9.17) is 4.74 Å². The van der Waals surface area contributed by atoms with E-state index in [9.17, 15) is 4.79 Å². The highest BCUT2D eigenvalue weighted by atomic mass is 16.5. The van der Waals surface area contributed by atoms with Crippen LogP contribution >= 0.6 is 0 Å². The van der Waals surface area contributed by atoms with Crippen LogP contribution in [0.3, 0.4) is 0 Å². The zero-order valence-corrected chi connectivity index (χ0v) is 12.8. The van der Waals surface area contributed by atoms with E-state index in [0.717, 1.165) is 19.3 Å². The Morgan fingerprint density at radius 2 is 2.14 bits per heavy atom. The van der Waals surface area contributed by atoms with Crippen molar-refractivity contribution in [2.45, 2.75) is 51.3 Å². The van der Waals surface area contributed by atoms with Crippen LogP contribution < -0.4 is 0 Å². The van der Waals surface area contributed by atoms with Crippen molar-refractivity contribution in [3.8, 4) is 0 Å². The molecule has 0 N–H and O–H groups in total. The molecular weight excluding hydrogens is 262 g/mol. The molecule has 1 aromatic rings. The number of benzene rings is 1. The maximum atomic E-state index is 12.4. The van der Waals surface area contributed by atoms with Gasteiger partial charge in [0, 0.05) is 12.8 Å². The van der Waals surface area contributed by atoms with Gasteiger partial charge < -0.3 is 9.64 Å². The Morgan fingerprint density at radius 3 is 2.86 bits per heavy atom.